The van der Waals surface area contributed by atoms with Crippen molar-refractivity contribution >= 4 is 26.7 Å². The molecule has 1 aromatic carbocycles. The Bertz CT molecular complexity index is 512. The van der Waals surface area contributed by atoms with Gasteiger partial charge in [0.05, 0.1) is 10.2 Å². The van der Waals surface area contributed by atoms with Crippen molar-refractivity contribution in [1.29, 1.82) is 0 Å². The Morgan fingerprint density at radius 2 is 2.00 bits per heavy atom. The van der Waals surface area contributed by atoms with Crippen LogP contribution in [0.3, 0.4) is 0 Å². The topological polar surface area (TPSA) is 42.1 Å². The maximum atomic E-state index is 5.72. The number of rotatable bonds is 5. The normalized spacial score (nSPS) is 16.6. The van der Waals surface area contributed by atoms with Crippen molar-refractivity contribution in [2.75, 3.05) is 18.0 Å². The fourth-order valence-electron chi connectivity index (χ4n) is 3.07. The maximum Gasteiger partial charge on any atom is 0.186 e. The van der Waals surface area contributed by atoms with Crippen LogP contribution in [0, 0.1) is 0 Å². The Hall–Kier alpha value is -1.13. The third-order valence-electron chi connectivity index (χ3n) is 4.15. The summed E-state index contributed by atoms with van der Waals surface area (Å²) in [5.41, 5.74) is 6.84. The van der Waals surface area contributed by atoms with Gasteiger partial charge in [0.25, 0.3) is 0 Å². The van der Waals surface area contributed by atoms with E-state index in [0.29, 0.717) is 6.04 Å². The summed E-state index contributed by atoms with van der Waals surface area (Å²) in [6, 6.07) is 9.09. The molecule has 108 valence electrons. The second-order valence-electron chi connectivity index (χ2n) is 5.59. The molecule has 0 saturated heterocycles. The van der Waals surface area contributed by atoms with E-state index in [-0.39, 0.29) is 0 Å². The van der Waals surface area contributed by atoms with Crippen LogP contribution in [0.1, 0.15) is 38.5 Å². The van der Waals surface area contributed by atoms with E-state index in [9.17, 15) is 0 Å². The van der Waals surface area contributed by atoms with Crippen LogP contribution in [0.15, 0.2) is 24.3 Å². The minimum Gasteiger partial charge on any atom is -0.345 e. The molecule has 0 unspecified atom stereocenters. The molecule has 1 aliphatic carbocycles. The summed E-state index contributed by atoms with van der Waals surface area (Å²) >= 11 is 1.82. The van der Waals surface area contributed by atoms with E-state index in [0.717, 1.165) is 25.0 Å². The number of hydrogen-bond acceptors (Lipinski definition) is 4. The van der Waals surface area contributed by atoms with Gasteiger partial charge in [0, 0.05) is 12.6 Å². The fraction of sp³-hybridized carbons (Fsp3) is 0.562. The molecule has 0 bridgehead atoms. The summed E-state index contributed by atoms with van der Waals surface area (Å²) < 4.78 is 1.29. The molecule has 1 heterocycles. The van der Waals surface area contributed by atoms with Crippen molar-refractivity contribution in [3.8, 4) is 0 Å². The van der Waals surface area contributed by atoms with E-state index in [2.05, 4.69) is 29.2 Å². The van der Waals surface area contributed by atoms with Gasteiger partial charge in [-0.1, -0.05) is 42.7 Å². The third-order valence-corrected chi connectivity index (χ3v) is 5.22. The van der Waals surface area contributed by atoms with Gasteiger partial charge < -0.3 is 10.6 Å². The van der Waals surface area contributed by atoms with Crippen molar-refractivity contribution < 1.29 is 0 Å². The summed E-state index contributed by atoms with van der Waals surface area (Å²) in [5, 5.41) is 1.19. The van der Waals surface area contributed by atoms with Gasteiger partial charge >= 0.3 is 0 Å². The largest absolute Gasteiger partial charge is 0.345 e. The Morgan fingerprint density at radius 1 is 1.20 bits per heavy atom. The SMILES string of the molecule is NCCCN(c1nc2ccccc2s1)C1CCCCC1. The number of benzene rings is 1. The number of thiazole rings is 1. The van der Waals surface area contributed by atoms with Gasteiger partial charge in [0.2, 0.25) is 0 Å². The highest BCUT2D eigenvalue weighted by Crippen LogP contribution is 2.33. The first-order valence-electron chi connectivity index (χ1n) is 7.71. The number of nitrogens with zero attached hydrogens (tertiary/aromatic N) is 2. The van der Waals surface area contributed by atoms with E-state index in [1.807, 2.05) is 11.3 Å². The first-order valence-corrected chi connectivity index (χ1v) is 8.52. The summed E-state index contributed by atoms with van der Waals surface area (Å²) in [4.78, 5) is 7.37. The number of anilines is 1. The Labute approximate surface area is 124 Å². The van der Waals surface area contributed by atoms with Crippen LogP contribution in [0.2, 0.25) is 0 Å². The van der Waals surface area contributed by atoms with Crippen molar-refractivity contribution in [3.63, 3.8) is 0 Å². The summed E-state index contributed by atoms with van der Waals surface area (Å²) in [6.07, 6.45) is 7.76. The lowest BCUT2D eigenvalue weighted by atomic mass is 9.94. The van der Waals surface area contributed by atoms with E-state index < -0.39 is 0 Å². The minimum absolute atomic E-state index is 0.663. The van der Waals surface area contributed by atoms with Crippen LogP contribution < -0.4 is 10.6 Å². The van der Waals surface area contributed by atoms with Gasteiger partial charge in [-0.2, -0.15) is 0 Å². The molecule has 0 radical (unpaired) electrons. The molecular weight excluding hydrogens is 266 g/mol. The molecule has 20 heavy (non-hydrogen) atoms. The van der Waals surface area contributed by atoms with Crippen molar-refractivity contribution in [3.05, 3.63) is 24.3 Å². The predicted octanol–water partition coefficient (Wildman–Crippen LogP) is 3.78. The molecule has 1 fully saturated rings. The Kier molecular flexibility index (Phi) is 4.53. The smallest absolute Gasteiger partial charge is 0.186 e. The first kappa shape index (κ1) is 13.8. The first-order chi connectivity index (χ1) is 9.88. The fourth-order valence-corrected chi connectivity index (χ4v) is 4.13. The lowest BCUT2D eigenvalue weighted by molar-refractivity contribution is 0.413. The van der Waals surface area contributed by atoms with Gasteiger partial charge in [-0.25, -0.2) is 4.98 Å². The number of nitrogens with two attached hydrogens (primary N) is 1. The van der Waals surface area contributed by atoms with Crippen LogP contribution >= 0.6 is 11.3 Å². The third kappa shape index (κ3) is 2.96. The second kappa shape index (κ2) is 6.55. The van der Waals surface area contributed by atoms with Gasteiger partial charge in [-0.15, -0.1) is 0 Å². The van der Waals surface area contributed by atoms with Crippen molar-refractivity contribution in [2.24, 2.45) is 5.73 Å². The number of para-hydroxylation sites is 1. The van der Waals surface area contributed by atoms with E-state index in [4.69, 9.17) is 10.7 Å². The molecule has 1 aliphatic rings. The van der Waals surface area contributed by atoms with E-state index in [1.54, 1.807) is 0 Å². The molecule has 2 N–H and O–H groups in total. The van der Waals surface area contributed by atoms with Crippen LogP contribution in [0.25, 0.3) is 10.2 Å². The van der Waals surface area contributed by atoms with Crippen LogP contribution in [-0.2, 0) is 0 Å². The molecule has 0 atom stereocenters. The molecular formula is C16H23N3S. The van der Waals surface area contributed by atoms with Crippen LogP contribution in [0.5, 0.6) is 0 Å². The van der Waals surface area contributed by atoms with Crippen LogP contribution in [-0.4, -0.2) is 24.1 Å². The highest BCUT2D eigenvalue weighted by Gasteiger charge is 2.23. The van der Waals surface area contributed by atoms with E-state index >= 15 is 0 Å². The number of aromatic nitrogens is 1. The second-order valence-corrected chi connectivity index (χ2v) is 6.60. The minimum atomic E-state index is 0.663. The highest BCUT2D eigenvalue weighted by molar-refractivity contribution is 7.22. The number of hydrogen-bond donors (Lipinski definition) is 1. The summed E-state index contributed by atoms with van der Waals surface area (Å²) in [6.45, 7) is 1.80. The Morgan fingerprint density at radius 3 is 2.75 bits per heavy atom. The molecule has 0 aliphatic heterocycles. The molecule has 3 nitrogen and oxygen atoms in total. The van der Waals surface area contributed by atoms with Gasteiger partial charge in [0.1, 0.15) is 0 Å². The molecule has 0 amide bonds. The molecule has 3 rings (SSSR count). The zero-order chi connectivity index (χ0) is 13.8. The molecule has 0 spiro atoms. The number of fused-ring (bicyclic) bond motifs is 1. The zero-order valence-electron chi connectivity index (χ0n) is 11.9. The monoisotopic (exact) mass is 289 g/mol. The maximum absolute atomic E-state index is 5.72. The molecule has 1 saturated carbocycles. The standard InChI is InChI=1S/C16H23N3S/c17-11-6-12-19(13-7-2-1-3-8-13)16-18-14-9-4-5-10-15(14)20-16/h4-5,9-10,13H,1-3,6-8,11-12,17H2. The molecule has 1 aromatic heterocycles. The molecule has 2 aromatic rings. The lowest BCUT2D eigenvalue weighted by Crippen LogP contribution is -2.38. The predicted molar refractivity (Wildman–Crippen MR) is 87.5 cm³/mol. The molecule has 4 heteroatoms. The van der Waals surface area contributed by atoms with E-state index in [1.165, 1.54) is 41.9 Å². The van der Waals surface area contributed by atoms with Crippen molar-refractivity contribution in [2.45, 2.75) is 44.6 Å². The summed E-state index contributed by atoms with van der Waals surface area (Å²) in [7, 11) is 0. The highest BCUT2D eigenvalue weighted by atomic mass is 32.1. The van der Waals surface area contributed by atoms with Gasteiger partial charge in [-0.3, -0.25) is 0 Å². The average Bonchev–Trinajstić information content (AvgIpc) is 2.92. The average molecular weight is 289 g/mol. The lowest BCUT2D eigenvalue weighted by Gasteiger charge is -2.34. The van der Waals surface area contributed by atoms with Crippen LogP contribution in [0.4, 0.5) is 5.13 Å². The Balaban J connectivity index is 1.86. The van der Waals surface area contributed by atoms with Gasteiger partial charge in [0.15, 0.2) is 5.13 Å². The van der Waals surface area contributed by atoms with Gasteiger partial charge in [-0.05, 0) is 37.9 Å². The van der Waals surface area contributed by atoms with Crippen molar-refractivity contribution in [1.82, 2.24) is 4.98 Å². The quantitative estimate of drug-likeness (QED) is 0.910. The zero-order valence-corrected chi connectivity index (χ0v) is 12.7. The summed E-state index contributed by atoms with van der Waals surface area (Å²) in [5.74, 6) is 0.